The lowest BCUT2D eigenvalue weighted by atomic mass is 10.3. The number of aromatic nitrogens is 1. The summed E-state index contributed by atoms with van der Waals surface area (Å²) < 4.78 is 0. The first-order valence-corrected chi connectivity index (χ1v) is 6.82. The lowest BCUT2D eigenvalue weighted by Gasteiger charge is -2.30. The van der Waals surface area contributed by atoms with Crippen molar-refractivity contribution in [1.29, 1.82) is 0 Å². The predicted molar refractivity (Wildman–Crippen MR) is 75.2 cm³/mol. The molecular weight excluding hydrogens is 226 g/mol. The van der Waals surface area contributed by atoms with Gasteiger partial charge in [0.25, 0.3) is 0 Å². The smallest absolute Gasteiger partial charge is 0.154 e. The molecule has 98 valence electrons. The topological polar surface area (TPSA) is 57.4 Å². The van der Waals surface area contributed by atoms with Gasteiger partial charge in [-0.25, -0.2) is 4.98 Å². The van der Waals surface area contributed by atoms with Crippen LogP contribution in [0.15, 0.2) is 12.1 Å². The van der Waals surface area contributed by atoms with Crippen LogP contribution in [0.1, 0.15) is 12.8 Å². The number of hydrogen-bond acceptors (Lipinski definition) is 5. The molecule has 3 heterocycles. The van der Waals surface area contributed by atoms with Crippen molar-refractivity contribution in [3.63, 3.8) is 0 Å². The first-order chi connectivity index (χ1) is 8.84. The third-order valence-corrected chi connectivity index (χ3v) is 3.74. The third-order valence-electron chi connectivity index (χ3n) is 3.74. The summed E-state index contributed by atoms with van der Waals surface area (Å²) in [6.07, 6.45) is 2.55. The average Bonchev–Trinajstić information content (AvgIpc) is 2.94. The normalized spacial score (nSPS) is 20.4. The standard InChI is InChI=1S/C13H21N5/c14-11-3-4-12(17-7-1-2-8-17)16-13(11)18-9-5-15-6-10-18/h3-4,15H,1-2,5-10,14H2. The number of pyridine rings is 1. The predicted octanol–water partition coefficient (Wildman–Crippen LogP) is 0.674. The SMILES string of the molecule is Nc1ccc(N2CCCC2)nc1N1CCNCC1. The highest BCUT2D eigenvalue weighted by Gasteiger charge is 2.18. The number of piperazine rings is 1. The van der Waals surface area contributed by atoms with Crippen molar-refractivity contribution >= 4 is 17.3 Å². The molecule has 5 heteroatoms. The Morgan fingerprint density at radius 1 is 1.00 bits per heavy atom. The summed E-state index contributed by atoms with van der Waals surface area (Å²) in [6, 6.07) is 4.05. The zero-order chi connectivity index (χ0) is 12.4. The van der Waals surface area contributed by atoms with E-state index in [9.17, 15) is 0 Å². The summed E-state index contributed by atoms with van der Waals surface area (Å²) in [5.41, 5.74) is 6.87. The molecule has 0 atom stereocenters. The van der Waals surface area contributed by atoms with Crippen LogP contribution in [-0.2, 0) is 0 Å². The van der Waals surface area contributed by atoms with Crippen LogP contribution in [0.5, 0.6) is 0 Å². The second-order valence-electron chi connectivity index (χ2n) is 5.01. The fourth-order valence-corrected chi connectivity index (χ4v) is 2.70. The van der Waals surface area contributed by atoms with Gasteiger partial charge < -0.3 is 20.9 Å². The van der Waals surface area contributed by atoms with Crippen molar-refractivity contribution in [2.24, 2.45) is 0 Å². The van der Waals surface area contributed by atoms with E-state index in [0.717, 1.165) is 56.6 Å². The molecule has 0 aliphatic carbocycles. The van der Waals surface area contributed by atoms with E-state index in [4.69, 9.17) is 10.7 Å². The molecule has 3 rings (SSSR count). The van der Waals surface area contributed by atoms with E-state index in [0.29, 0.717) is 0 Å². The van der Waals surface area contributed by atoms with Crippen molar-refractivity contribution in [1.82, 2.24) is 10.3 Å². The minimum absolute atomic E-state index is 0.792. The minimum atomic E-state index is 0.792. The highest BCUT2D eigenvalue weighted by Crippen LogP contribution is 2.26. The molecule has 0 saturated carbocycles. The van der Waals surface area contributed by atoms with Crippen LogP contribution in [0.3, 0.4) is 0 Å². The van der Waals surface area contributed by atoms with Gasteiger partial charge in [-0.15, -0.1) is 0 Å². The van der Waals surface area contributed by atoms with Crippen LogP contribution in [-0.4, -0.2) is 44.3 Å². The zero-order valence-corrected chi connectivity index (χ0v) is 10.7. The highest BCUT2D eigenvalue weighted by atomic mass is 15.3. The number of nitrogens with two attached hydrogens (primary N) is 1. The van der Waals surface area contributed by atoms with Gasteiger partial charge in [0.1, 0.15) is 5.82 Å². The molecule has 5 nitrogen and oxygen atoms in total. The van der Waals surface area contributed by atoms with Gasteiger partial charge in [-0.2, -0.15) is 0 Å². The molecule has 1 aromatic heterocycles. The van der Waals surface area contributed by atoms with Gasteiger partial charge in [0, 0.05) is 39.3 Å². The fraction of sp³-hybridized carbons (Fsp3) is 0.615. The summed E-state index contributed by atoms with van der Waals surface area (Å²) in [4.78, 5) is 9.41. The molecular formula is C13H21N5. The Kier molecular flexibility index (Phi) is 3.23. The van der Waals surface area contributed by atoms with Gasteiger partial charge >= 0.3 is 0 Å². The molecule has 0 aromatic carbocycles. The van der Waals surface area contributed by atoms with E-state index in [1.807, 2.05) is 12.1 Å². The van der Waals surface area contributed by atoms with E-state index in [-0.39, 0.29) is 0 Å². The van der Waals surface area contributed by atoms with Gasteiger partial charge in [0.2, 0.25) is 0 Å². The van der Waals surface area contributed by atoms with E-state index in [2.05, 4.69) is 15.1 Å². The third kappa shape index (κ3) is 2.22. The van der Waals surface area contributed by atoms with Crippen LogP contribution >= 0.6 is 0 Å². The van der Waals surface area contributed by atoms with Gasteiger partial charge in [-0.1, -0.05) is 0 Å². The molecule has 0 unspecified atom stereocenters. The maximum atomic E-state index is 6.08. The first-order valence-electron chi connectivity index (χ1n) is 6.82. The van der Waals surface area contributed by atoms with E-state index in [1.165, 1.54) is 12.8 Å². The Balaban J connectivity index is 1.85. The van der Waals surface area contributed by atoms with Gasteiger partial charge in [-0.3, -0.25) is 0 Å². The van der Waals surface area contributed by atoms with Crippen molar-refractivity contribution in [2.75, 3.05) is 54.8 Å². The van der Waals surface area contributed by atoms with Crippen molar-refractivity contribution < 1.29 is 0 Å². The molecule has 1 aromatic rings. The second kappa shape index (κ2) is 5.02. The molecule has 0 bridgehead atoms. The lowest BCUT2D eigenvalue weighted by Crippen LogP contribution is -2.44. The van der Waals surface area contributed by atoms with E-state index in [1.54, 1.807) is 0 Å². The second-order valence-corrected chi connectivity index (χ2v) is 5.01. The molecule has 18 heavy (non-hydrogen) atoms. The summed E-state index contributed by atoms with van der Waals surface area (Å²) in [7, 11) is 0. The fourth-order valence-electron chi connectivity index (χ4n) is 2.70. The number of nitrogens with zero attached hydrogens (tertiary/aromatic N) is 3. The molecule has 3 N–H and O–H groups in total. The Morgan fingerprint density at radius 3 is 2.44 bits per heavy atom. The summed E-state index contributed by atoms with van der Waals surface area (Å²) in [6.45, 7) is 6.24. The number of hydrogen-bond donors (Lipinski definition) is 2. The van der Waals surface area contributed by atoms with Crippen LogP contribution in [0.25, 0.3) is 0 Å². The largest absolute Gasteiger partial charge is 0.396 e. The molecule has 2 aliphatic rings. The van der Waals surface area contributed by atoms with Gasteiger partial charge in [0.15, 0.2) is 5.82 Å². The maximum Gasteiger partial charge on any atom is 0.154 e. The Hall–Kier alpha value is -1.49. The molecule has 2 saturated heterocycles. The highest BCUT2D eigenvalue weighted by molar-refractivity contribution is 5.66. The number of anilines is 3. The summed E-state index contributed by atoms with van der Waals surface area (Å²) >= 11 is 0. The molecule has 2 aliphatic heterocycles. The monoisotopic (exact) mass is 247 g/mol. The molecule has 2 fully saturated rings. The van der Waals surface area contributed by atoms with Crippen LogP contribution in [0.4, 0.5) is 17.3 Å². The first kappa shape index (κ1) is 11.6. The maximum absolute atomic E-state index is 6.08. The van der Waals surface area contributed by atoms with Crippen LogP contribution in [0.2, 0.25) is 0 Å². The summed E-state index contributed by atoms with van der Waals surface area (Å²) in [5.74, 6) is 2.04. The van der Waals surface area contributed by atoms with E-state index >= 15 is 0 Å². The lowest BCUT2D eigenvalue weighted by molar-refractivity contribution is 0.585. The van der Waals surface area contributed by atoms with Crippen molar-refractivity contribution in [3.8, 4) is 0 Å². The quantitative estimate of drug-likeness (QED) is 0.804. The van der Waals surface area contributed by atoms with E-state index < -0.39 is 0 Å². The Bertz CT molecular complexity index is 408. The summed E-state index contributed by atoms with van der Waals surface area (Å²) in [5, 5.41) is 3.35. The van der Waals surface area contributed by atoms with Crippen molar-refractivity contribution in [3.05, 3.63) is 12.1 Å². The van der Waals surface area contributed by atoms with Gasteiger partial charge in [0.05, 0.1) is 5.69 Å². The number of nitrogens with one attached hydrogen (secondary N) is 1. The number of nitrogen functional groups attached to an aromatic ring is 1. The number of rotatable bonds is 2. The zero-order valence-electron chi connectivity index (χ0n) is 10.7. The molecule has 0 spiro atoms. The molecule has 0 amide bonds. The van der Waals surface area contributed by atoms with Crippen LogP contribution in [0, 0.1) is 0 Å². The average molecular weight is 247 g/mol. The minimum Gasteiger partial charge on any atom is -0.396 e. The van der Waals surface area contributed by atoms with Crippen molar-refractivity contribution in [2.45, 2.75) is 12.8 Å². The van der Waals surface area contributed by atoms with Crippen LogP contribution < -0.4 is 20.9 Å². The molecule has 0 radical (unpaired) electrons. The Labute approximate surface area is 108 Å². The van der Waals surface area contributed by atoms with Gasteiger partial charge in [-0.05, 0) is 25.0 Å². The Morgan fingerprint density at radius 2 is 1.72 bits per heavy atom.